The van der Waals surface area contributed by atoms with Crippen molar-refractivity contribution in [1.29, 1.82) is 0 Å². The van der Waals surface area contributed by atoms with Crippen LogP contribution in [0, 0.1) is 0 Å². The maximum Gasteiger partial charge on any atom is 0.290 e. The normalized spacial score (nSPS) is 12.0. The monoisotopic (exact) mass is 200 g/mol. The Kier molecular flexibility index (Phi) is 2.68. The zero-order valence-electron chi connectivity index (χ0n) is 8.31. The summed E-state index contributed by atoms with van der Waals surface area (Å²) in [5.74, 6) is 0. The van der Waals surface area contributed by atoms with E-state index in [0.717, 1.165) is 0 Å². The fourth-order valence-electron chi connectivity index (χ4n) is 2.19. The van der Waals surface area contributed by atoms with E-state index >= 15 is 0 Å². The summed E-state index contributed by atoms with van der Waals surface area (Å²) in [6.45, 7) is -0.250. The van der Waals surface area contributed by atoms with Crippen LogP contribution in [0.4, 0.5) is 0 Å². The molecule has 0 heterocycles. The zero-order chi connectivity index (χ0) is 10.7. The first kappa shape index (κ1) is 9.71. The summed E-state index contributed by atoms with van der Waals surface area (Å²) in [6.07, 6.45) is 2.47. The van der Waals surface area contributed by atoms with Crippen molar-refractivity contribution in [3.63, 3.8) is 0 Å². The Labute approximate surface area is 88.2 Å². The van der Waals surface area contributed by atoms with E-state index in [2.05, 4.69) is 36.4 Å². The van der Waals surface area contributed by atoms with Gasteiger partial charge in [-0.3, -0.25) is 4.79 Å². The van der Waals surface area contributed by atoms with E-state index in [0.29, 0.717) is 0 Å². The summed E-state index contributed by atoms with van der Waals surface area (Å²) in [4.78, 5) is 8.36. The van der Waals surface area contributed by atoms with Crippen LogP contribution in [0.2, 0.25) is 0 Å². The molecule has 0 unspecified atom stereocenters. The molecule has 0 atom stereocenters. The number of hydrogen-bond acceptors (Lipinski definition) is 1. The van der Waals surface area contributed by atoms with Crippen LogP contribution in [-0.2, 0) is 17.6 Å². The van der Waals surface area contributed by atoms with Gasteiger partial charge in [-0.2, -0.15) is 0 Å². The molecule has 3 rings (SSSR count). The lowest BCUT2D eigenvalue weighted by Gasteiger charge is -1.99. The SMILES string of the molecule is O=CO.c1cc2c3c(cccc3c1)CC2. The van der Waals surface area contributed by atoms with Crippen LogP contribution in [0.5, 0.6) is 0 Å². The van der Waals surface area contributed by atoms with Gasteiger partial charge in [0.05, 0.1) is 0 Å². The average molecular weight is 200 g/mol. The van der Waals surface area contributed by atoms with Gasteiger partial charge in [0, 0.05) is 0 Å². The standard InChI is InChI=1S/C12H10.CH2O2/c1-3-9-4-2-6-11-8-7-10(5-1)12(9)11;2-1-3/h1-6H,7-8H2;1H,(H,2,3). The summed E-state index contributed by atoms with van der Waals surface area (Å²) in [5, 5.41) is 9.81. The molecule has 2 aromatic carbocycles. The summed E-state index contributed by atoms with van der Waals surface area (Å²) < 4.78 is 0. The highest BCUT2D eigenvalue weighted by Gasteiger charge is 2.11. The van der Waals surface area contributed by atoms with Crippen molar-refractivity contribution < 1.29 is 9.90 Å². The van der Waals surface area contributed by atoms with Crippen molar-refractivity contribution in [2.45, 2.75) is 12.8 Å². The van der Waals surface area contributed by atoms with Crippen molar-refractivity contribution >= 4 is 17.2 Å². The summed E-state index contributed by atoms with van der Waals surface area (Å²) in [5.41, 5.74) is 3.06. The molecule has 0 spiro atoms. The Morgan fingerprint density at radius 2 is 1.47 bits per heavy atom. The number of rotatable bonds is 0. The Hall–Kier alpha value is -1.83. The van der Waals surface area contributed by atoms with Gasteiger partial charge in [0.25, 0.3) is 6.47 Å². The van der Waals surface area contributed by atoms with Gasteiger partial charge in [0.1, 0.15) is 0 Å². The molecule has 2 nitrogen and oxygen atoms in total. The van der Waals surface area contributed by atoms with Crippen molar-refractivity contribution in [2.75, 3.05) is 0 Å². The molecule has 2 heteroatoms. The van der Waals surface area contributed by atoms with E-state index < -0.39 is 0 Å². The largest absolute Gasteiger partial charge is 0.483 e. The molecule has 0 aliphatic heterocycles. The van der Waals surface area contributed by atoms with Crippen LogP contribution in [0.3, 0.4) is 0 Å². The minimum Gasteiger partial charge on any atom is -0.483 e. The molecule has 76 valence electrons. The lowest BCUT2D eigenvalue weighted by molar-refractivity contribution is -0.122. The molecule has 1 N–H and O–H groups in total. The van der Waals surface area contributed by atoms with Gasteiger partial charge >= 0.3 is 0 Å². The van der Waals surface area contributed by atoms with Crippen LogP contribution in [-0.4, -0.2) is 11.6 Å². The lowest BCUT2D eigenvalue weighted by atomic mass is 10.1. The van der Waals surface area contributed by atoms with Crippen LogP contribution >= 0.6 is 0 Å². The smallest absolute Gasteiger partial charge is 0.290 e. The molecule has 0 fully saturated rings. The molecule has 0 saturated heterocycles. The van der Waals surface area contributed by atoms with Gasteiger partial charge < -0.3 is 5.11 Å². The minimum atomic E-state index is -0.250. The number of carbonyl (C=O) groups is 1. The molecule has 0 aromatic heterocycles. The van der Waals surface area contributed by atoms with Gasteiger partial charge in [-0.1, -0.05) is 36.4 Å². The first-order valence-electron chi connectivity index (χ1n) is 4.94. The second-order valence-electron chi connectivity index (χ2n) is 3.54. The van der Waals surface area contributed by atoms with E-state index in [-0.39, 0.29) is 6.47 Å². The van der Waals surface area contributed by atoms with Crippen LogP contribution in [0.25, 0.3) is 10.8 Å². The molecule has 0 saturated carbocycles. The summed E-state index contributed by atoms with van der Waals surface area (Å²) in [7, 11) is 0. The highest BCUT2D eigenvalue weighted by molar-refractivity contribution is 5.90. The average Bonchev–Trinajstić information content (AvgIpc) is 2.66. The molecule has 0 bridgehead atoms. The number of hydrogen-bond donors (Lipinski definition) is 1. The Morgan fingerprint density at radius 1 is 1.00 bits per heavy atom. The lowest BCUT2D eigenvalue weighted by Crippen LogP contribution is -1.76. The molecule has 1 aliphatic carbocycles. The van der Waals surface area contributed by atoms with Crippen molar-refractivity contribution in [3.8, 4) is 0 Å². The first-order valence-corrected chi connectivity index (χ1v) is 4.94. The maximum atomic E-state index is 8.36. The van der Waals surface area contributed by atoms with Crippen LogP contribution in [0.15, 0.2) is 36.4 Å². The third-order valence-electron chi connectivity index (χ3n) is 2.74. The maximum absolute atomic E-state index is 8.36. The van der Waals surface area contributed by atoms with E-state index in [4.69, 9.17) is 9.90 Å². The van der Waals surface area contributed by atoms with E-state index in [1.165, 1.54) is 34.7 Å². The van der Waals surface area contributed by atoms with E-state index in [1.807, 2.05) is 0 Å². The first-order chi connectivity index (χ1) is 7.36. The second kappa shape index (κ2) is 4.13. The van der Waals surface area contributed by atoms with Crippen molar-refractivity contribution in [1.82, 2.24) is 0 Å². The van der Waals surface area contributed by atoms with E-state index in [1.54, 1.807) is 0 Å². The quantitative estimate of drug-likeness (QED) is 0.664. The van der Waals surface area contributed by atoms with Crippen molar-refractivity contribution in [3.05, 3.63) is 47.5 Å². The topological polar surface area (TPSA) is 37.3 Å². The van der Waals surface area contributed by atoms with Gasteiger partial charge in [0.15, 0.2) is 0 Å². The molecule has 0 amide bonds. The van der Waals surface area contributed by atoms with Gasteiger partial charge in [-0.15, -0.1) is 0 Å². The highest BCUT2D eigenvalue weighted by Crippen LogP contribution is 2.29. The Balaban J connectivity index is 0.000000258. The predicted octanol–water partition coefficient (Wildman–Crippen LogP) is 2.64. The minimum absolute atomic E-state index is 0.250. The highest BCUT2D eigenvalue weighted by atomic mass is 16.3. The fourth-order valence-corrected chi connectivity index (χ4v) is 2.19. The van der Waals surface area contributed by atoms with Crippen molar-refractivity contribution in [2.24, 2.45) is 0 Å². The van der Waals surface area contributed by atoms with Gasteiger partial charge in [-0.05, 0) is 34.7 Å². The molecular formula is C13H12O2. The fraction of sp³-hybridized carbons (Fsp3) is 0.154. The zero-order valence-corrected chi connectivity index (χ0v) is 8.31. The summed E-state index contributed by atoms with van der Waals surface area (Å²) >= 11 is 0. The summed E-state index contributed by atoms with van der Waals surface area (Å²) in [6, 6.07) is 13.2. The molecule has 0 radical (unpaired) electrons. The molecule has 2 aromatic rings. The third-order valence-corrected chi connectivity index (χ3v) is 2.74. The second-order valence-corrected chi connectivity index (χ2v) is 3.54. The Bertz CT molecular complexity index is 450. The Morgan fingerprint density at radius 3 is 1.93 bits per heavy atom. The molecule has 15 heavy (non-hydrogen) atoms. The predicted molar refractivity (Wildman–Crippen MR) is 60.0 cm³/mol. The number of benzene rings is 2. The number of carboxylic acid groups (broad SMARTS) is 1. The van der Waals surface area contributed by atoms with Gasteiger partial charge in [-0.25, -0.2) is 0 Å². The van der Waals surface area contributed by atoms with E-state index in [9.17, 15) is 0 Å². The number of aryl methyl sites for hydroxylation is 2. The van der Waals surface area contributed by atoms with Crippen LogP contribution < -0.4 is 0 Å². The molecule has 1 aliphatic rings. The van der Waals surface area contributed by atoms with Crippen LogP contribution in [0.1, 0.15) is 11.1 Å². The molecular weight excluding hydrogens is 188 g/mol. The van der Waals surface area contributed by atoms with Gasteiger partial charge in [0.2, 0.25) is 0 Å². The third kappa shape index (κ3) is 1.71.